The minimum absolute atomic E-state index is 0.0342. The lowest BCUT2D eigenvalue weighted by Gasteiger charge is -2.09. The van der Waals surface area contributed by atoms with Gasteiger partial charge in [0.2, 0.25) is 5.91 Å². The zero-order valence-corrected chi connectivity index (χ0v) is 10.7. The van der Waals surface area contributed by atoms with Crippen LogP contribution in [0.3, 0.4) is 0 Å². The van der Waals surface area contributed by atoms with E-state index in [1.807, 2.05) is 32.0 Å². The molecule has 1 aromatic rings. The van der Waals surface area contributed by atoms with Crippen molar-refractivity contribution >= 4 is 11.6 Å². The zero-order chi connectivity index (χ0) is 12.7. The van der Waals surface area contributed by atoms with E-state index in [1.165, 1.54) is 5.56 Å². The second kappa shape index (κ2) is 7.04. The summed E-state index contributed by atoms with van der Waals surface area (Å²) >= 11 is 0. The van der Waals surface area contributed by atoms with Crippen molar-refractivity contribution in [2.45, 2.75) is 13.8 Å². The molecule has 0 aliphatic carbocycles. The molecular weight excluding hydrogens is 216 g/mol. The third-order valence-electron chi connectivity index (χ3n) is 2.42. The normalized spacial score (nSPS) is 10.3. The molecule has 1 amide bonds. The largest absolute Gasteiger partial charge is 0.383 e. The maximum Gasteiger partial charge on any atom is 0.238 e. The number of anilines is 1. The van der Waals surface area contributed by atoms with Gasteiger partial charge in [-0.25, -0.2) is 0 Å². The Balaban J connectivity index is 2.40. The van der Waals surface area contributed by atoms with E-state index in [9.17, 15) is 4.79 Å². The van der Waals surface area contributed by atoms with Crippen LogP contribution in [0.5, 0.6) is 0 Å². The molecule has 17 heavy (non-hydrogen) atoms. The predicted molar refractivity (Wildman–Crippen MR) is 69.3 cm³/mol. The summed E-state index contributed by atoms with van der Waals surface area (Å²) in [6.45, 7) is 5.61. The SMILES string of the molecule is COCCNCC(=O)Nc1ccc(C)cc1C. The second-order valence-corrected chi connectivity index (χ2v) is 4.04. The highest BCUT2D eigenvalue weighted by Crippen LogP contribution is 2.15. The number of hydrogen-bond acceptors (Lipinski definition) is 3. The molecule has 0 unspecified atom stereocenters. The van der Waals surface area contributed by atoms with Crippen molar-refractivity contribution in [2.75, 3.05) is 32.1 Å². The first kappa shape index (κ1) is 13.7. The number of ether oxygens (including phenoxy) is 1. The Morgan fingerprint density at radius 1 is 1.35 bits per heavy atom. The number of carbonyl (C=O) groups excluding carboxylic acids is 1. The van der Waals surface area contributed by atoms with Crippen molar-refractivity contribution < 1.29 is 9.53 Å². The Labute approximate surface area is 102 Å². The number of hydrogen-bond donors (Lipinski definition) is 2. The summed E-state index contributed by atoms with van der Waals surface area (Å²) in [5.74, 6) is -0.0342. The Bertz CT molecular complexity index is 378. The first-order chi connectivity index (χ1) is 8.13. The van der Waals surface area contributed by atoms with Gasteiger partial charge < -0.3 is 15.4 Å². The van der Waals surface area contributed by atoms with Crippen LogP contribution < -0.4 is 10.6 Å². The summed E-state index contributed by atoms with van der Waals surface area (Å²) in [5.41, 5.74) is 3.14. The lowest BCUT2D eigenvalue weighted by atomic mass is 10.1. The third kappa shape index (κ3) is 4.97. The zero-order valence-electron chi connectivity index (χ0n) is 10.7. The van der Waals surface area contributed by atoms with E-state index < -0.39 is 0 Å². The quantitative estimate of drug-likeness (QED) is 0.736. The average molecular weight is 236 g/mol. The Morgan fingerprint density at radius 2 is 2.12 bits per heavy atom. The molecule has 0 spiro atoms. The Hall–Kier alpha value is -1.39. The summed E-state index contributed by atoms with van der Waals surface area (Å²) in [6.07, 6.45) is 0. The topological polar surface area (TPSA) is 50.4 Å². The maximum atomic E-state index is 11.6. The van der Waals surface area contributed by atoms with E-state index in [1.54, 1.807) is 7.11 Å². The maximum absolute atomic E-state index is 11.6. The van der Waals surface area contributed by atoms with E-state index in [2.05, 4.69) is 10.6 Å². The number of benzene rings is 1. The number of aryl methyl sites for hydroxylation is 2. The molecule has 1 rings (SSSR count). The summed E-state index contributed by atoms with van der Waals surface area (Å²) in [6, 6.07) is 5.96. The molecule has 2 N–H and O–H groups in total. The van der Waals surface area contributed by atoms with Gasteiger partial charge in [-0.3, -0.25) is 4.79 Å². The van der Waals surface area contributed by atoms with Gasteiger partial charge in [-0.05, 0) is 25.5 Å². The van der Waals surface area contributed by atoms with Gasteiger partial charge in [0.15, 0.2) is 0 Å². The highest BCUT2D eigenvalue weighted by atomic mass is 16.5. The molecule has 0 saturated carbocycles. The van der Waals surface area contributed by atoms with Crippen LogP contribution >= 0.6 is 0 Å². The average Bonchev–Trinajstić information content (AvgIpc) is 2.28. The van der Waals surface area contributed by atoms with E-state index in [0.29, 0.717) is 19.7 Å². The molecule has 0 fully saturated rings. The van der Waals surface area contributed by atoms with Gasteiger partial charge in [-0.2, -0.15) is 0 Å². The minimum atomic E-state index is -0.0342. The molecule has 4 nitrogen and oxygen atoms in total. The van der Waals surface area contributed by atoms with Crippen LogP contribution in [0.15, 0.2) is 18.2 Å². The van der Waals surface area contributed by atoms with Crippen LogP contribution in [0.4, 0.5) is 5.69 Å². The lowest BCUT2D eigenvalue weighted by Crippen LogP contribution is -2.30. The smallest absolute Gasteiger partial charge is 0.238 e. The molecule has 0 heterocycles. The van der Waals surface area contributed by atoms with Crippen molar-refractivity contribution in [3.05, 3.63) is 29.3 Å². The first-order valence-corrected chi connectivity index (χ1v) is 5.70. The monoisotopic (exact) mass is 236 g/mol. The fraction of sp³-hybridized carbons (Fsp3) is 0.462. The molecule has 0 radical (unpaired) electrons. The molecular formula is C13H20N2O2. The number of rotatable bonds is 6. The molecule has 0 aliphatic rings. The van der Waals surface area contributed by atoms with Gasteiger partial charge in [0, 0.05) is 19.3 Å². The Morgan fingerprint density at radius 3 is 2.76 bits per heavy atom. The van der Waals surface area contributed by atoms with Gasteiger partial charge in [-0.1, -0.05) is 17.7 Å². The fourth-order valence-corrected chi connectivity index (χ4v) is 1.52. The molecule has 94 valence electrons. The molecule has 0 atom stereocenters. The number of nitrogens with one attached hydrogen (secondary N) is 2. The standard InChI is InChI=1S/C13H20N2O2/c1-10-4-5-12(11(2)8-10)15-13(16)9-14-6-7-17-3/h4-5,8,14H,6-7,9H2,1-3H3,(H,15,16). The van der Waals surface area contributed by atoms with E-state index in [4.69, 9.17) is 4.74 Å². The van der Waals surface area contributed by atoms with E-state index in [0.717, 1.165) is 11.3 Å². The van der Waals surface area contributed by atoms with Crippen molar-refractivity contribution in [1.29, 1.82) is 0 Å². The van der Waals surface area contributed by atoms with Crippen molar-refractivity contribution in [2.24, 2.45) is 0 Å². The number of methoxy groups -OCH3 is 1. The highest BCUT2D eigenvalue weighted by Gasteiger charge is 2.03. The summed E-state index contributed by atoms with van der Waals surface area (Å²) in [5, 5.41) is 5.87. The van der Waals surface area contributed by atoms with Gasteiger partial charge in [0.05, 0.1) is 13.2 Å². The molecule has 0 saturated heterocycles. The molecule has 0 aromatic heterocycles. The van der Waals surface area contributed by atoms with Crippen molar-refractivity contribution in [1.82, 2.24) is 5.32 Å². The molecule has 4 heteroatoms. The summed E-state index contributed by atoms with van der Waals surface area (Å²) < 4.78 is 4.88. The van der Waals surface area contributed by atoms with Crippen LogP contribution in [0.2, 0.25) is 0 Å². The highest BCUT2D eigenvalue weighted by molar-refractivity contribution is 5.92. The third-order valence-corrected chi connectivity index (χ3v) is 2.42. The number of carbonyl (C=O) groups is 1. The van der Waals surface area contributed by atoms with E-state index in [-0.39, 0.29) is 5.91 Å². The number of amides is 1. The summed E-state index contributed by atoms with van der Waals surface area (Å²) in [4.78, 5) is 11.6. The fourth-order valence-electron chi connectivity index (χ4n) is 1.52. The van der Waals surface area contributed by atoms with Crippen LogP contribution in [0.25, 0.3) is 0 Å². The van der Waals surface area contributed by atoms with Crippen LogP contribution in [0.1, 0.15) is 11.1 Å². The minimum Gasteiger partial charge on any atom is -0.383 e. The van der Waals surface area contributed by atoms with Crippen LogP contribution in [-0.2, 0) is 9.53 Å². The van der Waals surface area contributed by atoms with Gasteiger partial charge >= 0.3 is 0 Å². The van der Waals surface area contributed by atoms with Crippen LogP contribution in [0, 0.1) is 13.8 Å². The molecule has 0 bridgehead atoms. The molecule has 0 aliphatic heterocycles. The van der Waals surface area contributed by atoms with Gasteiger partial charge in [-0.15, -0.1) is 0 Å². The second-order valence-electron chi connectivity index (χ2n) is 4.04. The predicted octanol–water partition coefficient (Wildman–Crippen LogP) is 1.48. The van der Waals surface area contributed by atoms with Crippen molar-refractivity contribution in [3.63, 3.8) is 0 Å². The van der Waals surface area contributed by atoms with E-state index >= 15 is 0 Å². The lowest BCUT2D eigenvalue weighted by molar-refractivity contribution is -0.115. The van der Waals surface area contributed by atoms with Crippen molar-refractivity contribution in [3.8, 4) is 0 Å². The first-order valence-electron chi connectivity index (χ1n) is 5.70. The van der Waals surface area contributed by atoms with Gasteiger partial charge in [0.25, 0.3) is 0 Å². The summed E-state index contributed by atoms with van der Waals surface area (Å²) in [7, 11) is 1.64. The van der Waals surface area contributed by atoms with Gasteiger partial charge in [0.1, 0.15) is 0 Å². The van der Waals surface area contributed by atoms with Crippen LogP contribution in [-0.4, -0.2) is 32.7 Å². The Kier molecular flexibility index (Phi) is 5.66. The molecule has 1 aromatic carbocycles.